The van der Waals surface area contributed by atoms with E-state index < -0.39 is 0 Å². The lowest BCUT2D eigenvalue weighted by atomic mass is 10.1. The molecule has 0 saturated carbocycles. The van der Waals surface area contributed by atoms with Crippen LogP contribution in [0.5, 0.6) is 11.5 Å². The first-order chi connectivity index (χ1) is 19.6. The van der Waals surface area contributed by atoms with Gasteiger partial charge in [0, 0.05) is 11.1 Å². The van der Waals surface area contributed by atoms with E-state index in [1.54, 1.807) is 12.1 Å². The van der Waals surface area contributed by atoms with Gasteiger partial charge in [-0.1, -0.05) is 89.4 Å². The second-order valence-corrected chi connectivity index (χ2v) is 11.5. The molecule has 40 heavy (non-hydrogen) atoms. The van der Waals surface area contributed by atoms with Gasteiger partial charge in [0.05, 0.1) is 12.7 Å². The summed E-state index contributed by atoms with van der Waals surface area (Å²) < 4.78 is 11.9. The molecule has 1 heterocycles. The first kappa shape index (κ1) is 31.6. The Morgan fingerprint density at radius 1 is 0.775 bits per heavy atom. The van der Waals surface area contributed by atoms with Crippen molar-refractivity contribution < 1.29 is 14.3 Å². The minimum absolute atomic E-state index is 0.159. The molecule has 3 aromatic rings. The number of ether oxygens (including phenoxy) is 2. The molecule has 0 unspecified atom stereocenters. The smallest absolute Gasteiger partial charge is 0.257 e. The molecule has 1 amide bonds. The number of rotatable bonds is 20. The van der Waals surface area contributed by atoms with Crippen LogP contribution in [0.1, 0.15) is 115 Å². The number of carbonyl (C=O) groups excluding carboxylic acids is 1. The van der Waals surface area contributed by atoms with Crippen LogP contribution in [0, 0.1) is 0 Å². The Morgan fingerprint density at radius 2 is 1.38 bits per heavy atom. The lowest BCUT2D eigenvalue weighted by Crippen LogP contribution is -2.13. The number of hydrogen-bond acceptors (Lipinski definition) is 6. The normalized spacial score (nSPS) is 11.8. The molecular weight excluding hydrogens is 518 g/mol. The summed E-state index contributed by atoms with van der Waals surface area (Å²) in [4.78, 5) is 12.7. The van der Waals surface area contributed by atoms with Crippen molar-refractivity contribution in [3.63, 3.8) is 0 Å². The third-order valence-corrected chi connectivity index (χ3v) is 7.82. The SMILES string of the molecule is CCCCCCCCCCOc1ccc(-c2nnc(NC(=O)c3ccc(O[C@@H](C)CCCCCC)cc3)s2)cc1. The maximum absolute atomic E-state index is 12.7. The second kappa shape index (κ2) is 18.4. The Labute approximate surface area is 244 Å². The van der Waals surface area contributed by atoms with Crippen LogP contribution in [0.2, 0.25) is 0 Å². The maximum Gasteiger partial charge on any atom is 0.257 e. The molecule has 218 valence electrons. The predicted molar refractivity (Wildman–Crippen MR) is 167 cm³/mol. The molecule has 0 aliphatic carbocycles. The number of hydrogen-bond donors (Lipinski definition) is 1. The number of unbranched alkanes of at least 4 members (excludes halogenated alkanes) is 10. The molecule has 1 atom stereocenters. The minimum Gasteiger partial charge on any atom is -0.494 e. The van der Waals surface area contributed by atoms with Gasteiger partial charge in [0.2, 0.25) is 5.13 Å². The number of benzene rings is 2. The maximum atomic E-state index is 12.7. The Hall–Kier alpha value is -2.93. The van der Waals surface area contributed by atoms with E-state index in [-0.39, 0.29) is 12.0 Å². The van der Waals surface area contributed by atoms with Gasteiger partial charge in [0.25, 0.3) is 5.91 Å². The number of anilines is 1. The molecule has 0 spiro atoms. The third kappa shape index (κ3) is 11.7. The quantitative estimate of drug-likeness (QED) is 0.138. The van der Waals surface area contributed by atoms with E-state index in [0.29, 0.717) is 10.7 Å². The monoisotopic (exact) mass is 565 g/mol. The molecule has 0 aliphatic rings. The largest absolute Gasteiger partial charge is 0.494 e. The molecule has 3 rings (SSSR count). The van der Waals surface area contributed by atoms with Gasteiger partial charge in [0.15, 0.2) is 0 Å². The van der Waals surface area contributed by atoms with Crippen molar-refractivity contribution in [2.45, 2.75) is 110 Å². The van der Waals surface area contributed by atoms with Crippen LogP contribution in [0.25, 0.3) is 10.6 Å². The molecule has 0 radical (unpaired) electrons. The molecule has 1 N–H and O–H groups in total. The molecular formula is C33H47N3O3S. The lowest BCUT2D eigenvalue weighted by Gasteiger charge is -2.14. The van der Waals surface area contributed by atoms with Crippen molar-refractivity contribution in [2.24, 2.45) is 0 Å². The number of carbonyl (C=O) groups is 1. The molecule has 2 aromatic carbocycles. The van der Waals surface area contributed by atoms with E-state index in [9.17, 15) is 4.79 Å². The molecule has 7 heteroatoms. The summed E-state index contributed by atoms with van der Waals surface area (Å²) in [6, 6.07) is 15.2. The minimum atomic E-state index is -0.216. The molecule has 0 fully saturated rings. The lowest BCUT2D eigenvalue weighted by molar-refractivity contribution is 0.102. The molecule has 0 bridgehead atoms. The van der Waals surface area contributed by atoms with Crippen molar-refractivity contribution in [1.82, 2.24) is 10.2 Å². The zero-order chi connectivity index (χ0) is 28.4. The van der Waals surface area contributed by atoms with Crippen LogP contribution in [0.15, 0.2) is 48.5 Å². The second-order valence-electron chi connectivity index (χ2n) is 10.5. The highest BCUT2D eigenvalue weighted by molar-refractivity contribution is 7.18. The van der Waals surface area contributed by atoms with E-state index in [1.165, 1.54) is 82.0 Å². The van der Waals surface area contributed by atoms with Crippen LogP contribution in [0.4, 0.5) is 5.13 Å². The van der Waals surface area contributed by atoms with Gasteiger partial charge in [-0.05, 0) is 74.7 Å². The van der Waals surface area contributed by atoms with Crippen LogP contribution in [-0.4, -0.2) is 28.8 Å². The topological polar surface area (TPSA) is 73.3 Å². The summed E-state index contributed by atoms with van der Waals surface area (Å²) >= 11 is 1.35. The van der Waals surface area contributed by atoms with Crippen molar-refractivity contribution in [3.05, 3.63) is 54.1 Å². The zero-order valence-corrected chi connectivity index (χ0v) is 25.4. The first-order valence-corrected chi connectivity index (χ1v) is 16.1. The average Bonchev–Trinajstić information content (AvgIpc) is 3.43. The van der Waals surface area contributed by atoms with Gasteiger partial charge in [0.1, 0.15) is 16.5 Å². The van der Waals surface area contributed by atoms with Gasteiger partial charge >= 0.3 is 0 Å². The molecule has 6 nitrogen and oxygen atoms in total. The van der Waals surface area contributed by atoms with Crippen LogP contribution >= 0.6 is 11.3 Å². The highest BCUT2D eigenvalue weighted by Crippen LogP contribution is 2.28. The van der Waals surface area contributed by atoms with Crippen LogP contribution in [0.3, 0.4) is 0 Å². The molecule has 0 aliphatic heterocycles. The van der Waals surface area contributed by atoms with E-state index in [2.05, 4.69) is 36.3 Å². The predicted octanol–water partition coefficient (Wildman–Crippen LogP) is 9.71. The van der Waals surface area contributed by atoms with Crippen molar-refractivity contribution in [2.75, 3.05) is 11.9 Å². The Morgan fingerprint density at radius 3 is 2.05 bits per heavy atom. The van der Waals surface area contributed by atoms with Gasteiger partial charge in [-0.2, -0.15) is 0 Å². The van der Waals surface area contributed by atoms with Crippen LogP contribution in [-0.2, 0) is 0 Å². The van der Waals surface area contributed by atoms with Gasteiger partial charge in [-0.15, -0.1) is 10.2 Å². The standard InChI is InChI=1S/C33H47N3O3S/c1-4-6-8-10-11-12-13-15-25-38-29-21-19-28(20-22-29)32-35-36-33(40-32)34-31(37)27-17-23-30(24-18-27)39-26(3)16-14-9-7-5-2/h17-24,26H,4-16,25H2,1-3H3,(H,34,36,37)/t26-/m0/s1. The summed E-state index contributed by atoms with van der Waals surface area (Å²) in [5, 5.41) is 12.5. The Balaban J connectivity index is 1.39. The van der Waals surface area contributed by atoms with Gasteiger partial charge < -0.3 is 9.47 Å². The number of nitrogens with zero attached hydrogens (tertiary/aromatic N) is 2. The highest BCUT2D eigenvalue weighted by atomic mass is 32.1. The summed E-state index contributed by atoms with van der Waals surface area (Å²) in [5.41, 5.74) is 1.50. The van der Waals surface area contributed by atoms with E-state index >= 15 is 0 Å². The van der Waals surface area contributed by atoms with Crippen molar-refractivity contribution in [1.29, 1.82) is 0 Å². The zero-order valence-electron chi connectivity index (χ0n) is 24.6. The summed E-state index contributed by atoms with van der Waals surface area (Å²) in [6.07, 6.45) is 16.4. The fourth-order valence-electron chi connectivity index (χ4n) is 4.51. The van der Waals surface area contributed by atoms with Crippen molar-refractivity contribution in [3.8, 4) is 22.1 Å². The van der Waals surface area contributed by atoms with E-state index in [4.69, 9.17) is 9.47 Å². The molecule has 1 aromatic heterocycles. The van der Waals surface area contributed by atoms with E-state index in [1.807, 2.05) is 36.4 Å². The first-order valence-electron chi connectivity index (χ1n) is 15.2. The number of nitrogens with one attached hydrogen (secondary N) is 1. The average molecular weight is 566 g/mol. The fraction of sp³-hybridized carbons (Fsp3) is 0.545. The molecule has 0 saturated heterocycles. The number of amides is 1. The Bertz CT molecular complexity index is 1100. The van der Waals surface area contributed by atoms with Crippen LogP contribution < -0.4 is 14.8 Å². The summed E-state index contributed by atoms with van der Waals surface area (Å²) in [5.74, 6) is 1.43. The van der Waals surface area contributed by atoms with E-state index in [0.717, 1.165) is 41.5 Å². The van der Waals surface area contributed by atoms with Gasteiger partial charge in [-0.3, -0.25) is 10.1 Å². The fourth-order valence-corrected chi connectivity index (χ4v) is 5.26. The van der Waals surface area contributed by atoms with Crippen molar-refractivity contribution >= 4 is 22.4 Å². The highest BCUT2D eigenvalue weighted by Gasteiger charge is 2.12. The Kier molecular flexibility index (Phi) is 14.6. The summed E-state index contributed by atoms with van der Waals surface area (Å²) in [6.45, 7) is 7.31. The summed E-state index contributed by atoms with van der Waals surface area (Å²) in [7, 11) is 0. The number of aromatic nitrogens is 2. The van der Waals surface area contributed by atoms with Gasteiger partial charge in [-0.25, -0.2) is 0 Å². The third-order valence-electron chi connectivity index (χ3n) is 6.93.